The fourth-order valence-electron chi connectivity index (χ4n) is 1.35. The summed E-state index contributed by atoms with van der Waals surface area (Å²) >= 11 is 0. The third-order valence-electron chi connectivity index (χ3n) is 2.35. The molecule has 0 amide bonds. The Morgan fingerprint density at radius 3 is 2.76 bits per heavy atom. The highest BCUT2D eigenvalue weighted by Crippen LogP contribution is 2.06. The topological polar surface area (TPSA) is 89.8 Å². The summed E-state index contributed by atoms with van der Waals surface area (Å²) in [6.07, 6.45) is 0. The van der Waals surface area contributed by atoms with Crippen LogP contribution in [0, 0.1) is 0 Å². The van der Waals surface area contributed by atoms with E-state index in [4.69, 9.17) is 10.2 Å². The van der Waals surface area contributed by atoms with Gasteiger partial charge >= 0.3 is 5.97 Å². The molecule has 1 aromatic rings. The summed E-state index contributed by atoms with van der Waals surface area (Å²) in [5, 5.41) is 30.1. The van der Waals surface area contributed by atoms with E-state index in [9.17, 15) is 9.90 Å². The maximum Gasteiger partial charge on any atom is 0.335 e. The number of hydrogen-bond donors (Lipinski definition) is 4. The summed E-state index contributed by atoms with van der Waals surface area (Å²) in [5.74, 6) is -0.964. The maximum absolute atomic E-state index is 10.7. The van der Waals surface area contributed by atoms with Gasteiger partial charge in [0.25, 0.3) is 0 Å². The minimum absolute atomic E-state index is 0.234. The molecule has 5 heteroatoms. The van der Waals surface area contributed by atoms with Gasteiger partial charge in [-0.25, -0.2) is 4.79 Å². The van der Waals surface area contributed by atoms with Gasteiger partial charge in [0.05, 0.1) is 17.8 Å². The van der Waals surface area contributed by atoms with Gasteiger partial charge in [0.1, 0.15) is 0 Å². The first-order valence-corrected chi connectivity index (χ1v) is 5.31. The molecule has 0 spiro atoms. The first-order chi connectivity index (χ1) is 7.94. The molecule has 17 heavy (non-hydrogen) atoms. The van der Waals surface area contributed by atoms with Crippen LogP contribution in [0.1, 0.15) is 22.8 Å². The van der Waals surface area contributed by atoms with E-state index in [-0.39, 0.29) is 18.7 Å². The molecule has 0 saturated heterocycles. The van der Waals surface area contributed by atoms with E-state index in [1.807, 2.05) is 0 Å². The van der Waals surface area contributed by atoms with Gasteiger partial charge in [-0.2, -0.15) is 0 Å². The van der Waals surface area contributed by atoms with Crippen LogP contribution in [0.4, 0.5) is 0 Å². The van der Waals surface area contributed by atoms with Crippen molar-refractivity contribution >= 4 is 5.97 Å². The van der Waals surface area contributed by atoms with Crippen LogP contribution in [-0.2, 0) is 6.54 Å². The van der Waals surface area contributed by atoms with E-state index < -0.39 is 11.6 Å². The Hall–Kier alpha value is -1.43. The van der Waals surface area contributed by atoms with Crippen LogP contribution >= 0.6 is 0 Å². The zero-order chi connectivity index (χ0) is 12.9. The molecule has 94 valence electrons. The fourth-order valence-corrected chi connectivity index (χ4v) is 1.35. The highest BCUT2D eigenvalue weighted by Gasteiger charge is 2.17. The third kappa shape index (κ3) is 4.52. The Morgan fingerprint density at radius 2 is 2.18 bits per heavy atom. The summed E-state index contributed by atoms with van der Waals surface area (Å²) in [4.78, 5) is 10.7. The molecule has 0 aliphatic rings. The van der Waals surface area contributed by atoms with Gasteiger partial charge in [-0.1, -0.05) is 12.1 Å². The standard InChI is InChI=1S/C12H17NO4/c1-12(17,8-14)7-13-6-9-3-2-4-10(5-9)11(15)16/h2-5,13-14,17H,6-8H2,1H3,(H,15,16). The van der Waals surface area contributed by atoms with Gasteiger partial charge in [-0.05, 0) is 24.6 Å². The number of aliphatic hydroxyl groups excluding tert-OH is 1. The lowest BCUT2D eigenvalue weighted by molar-refractivity contribution is 0.00253. The van der Waals surface area contributed by atoms with Crippen molar-refractivity contribution in [1.82, 2.24) is 5.32 Å². The summed E-state index contributed by atoms with van der Waals surface area (Å²) in [7, 11) is 0. The minimum Gasteiger partial charge on any atom is -0.478 e. The molecule has 0 bridgehead atoms. The second kappa shape index (κ2) is 5.77. The first-order valence-electron chi connectivity index (χ1n) is 5.31. The number of carbonyl (C=O) groups is 1. The van der Waals surface area contributed by atoms with E-state index in [0.717, 1.165) is 5.56 Å². The predicted molar refractivity (Wildman–Crippen MR) is 62.8 cm³/mol. The van der Waals surface area contributed by atoms with Crippen LogP contribution in [0.25, 0.3) is 0 Å². The molecule has 0 saturated carbocycles. The fraction of sp³-hybridized carbons (Fsp3) is 0.417. The van der Waals surface area contributed by atoms with Crippen molar-refractivity contribution in [2.45, 2.75) is 19.1 Å². The van der Waals surface area contributed by atoms with E-state index in [0.29, 0.717) is 6.54 Å². The molecule has 1 unspecified atom stereocenters. The van der Waals surface area contributed by atoms with Gasteiger partial charge in [-0.3, -0.25) is 0 Å². The zero-order valence-electron chi connectivity index (χ0n) is 9.68. The van der Waals surface area contributed by atoms with Gasteiger partial charge < -0.3 is 20.6 Å². The summed E-state index contributed by atoms with van der Waals surface area (Å²) in [6, 6.07) is 6.57. The molecule has 0 heterocycles. The molecule has 1 aromatic carbocycles. The predicted octanol–water partition coefficient (Wildman–Crippen LogP) is 0.218. The van der Waals surface area contributed by atoms with Crippen molar-refractivity contribution in [2.75, 3.05) is 13.2 Å². The molecule has 4 N–H and O–H groups in total. The summed E-state index contributed by atoms with van der Waals surface area (Å²) in [5.41, 5.74) is -0.110. The minimum atomic E-state index is -1.16. The molecule has 1 atom stereocenters. The van der Waals surface area contributed by atoms with Crippen molar-refractivity contribution in [1.29, 1.82) is 0 Å². The lowest BCUT2D eigenvalue weighted by Crippen LogP contribution is -2.40. The molecule has 0 radical (unpaired) electrons. The van der Waals surface area contributed by atoms with Crippen molar-refractivity contribution in [3.05, 3.63) is 35.4 Å². The molecule has 1 rings (SSSR count). The summed E-state index contributed by atoms with van der Waals surface area (Å²) in [6.45, 7) is 1.88. The Labute approximate surface area is 99.7 Å². The largest absolute Gasteiger partial charge is 0.478 e. The monoisotopic (exact) mass is 239 g/mol. The van der Waals surface area contributed by atoms with Crippen molar-refractivity contribution in [2.24, 2.45) is 0 Å². The Bertz CT molecular complexity index is 390. The van der Waals surface area contributed by atoms with Gasteiger partial charge in [0.15, 0.2) is 0 Å². The lowest BCUT2D eigenvalue weighted by atomic mass is 10.1. The quantitative estimate of drug-likeness (QED) is 0.570. The molecule has 0 aromatic heterocycles. The number of nitrogens with one attached hydrogen (secondary N) is 1. The Balaban J connectivity index is 2.52. The van der Waals surface area contributed by atoms with Crippen molar-refractivity contribution < 1.29 is 20.1 Å². The van der Waals surface area contributed by atoms with Gasteiger partial charge in [-0.15, -0.1) is 0 Å². The number of benzene rings is 1. The number of carboxylic acid groups (broad SMARTS) is 1. The van der Waals surface area contributed by atoms with Crippen LogP contribution in [0.2, 0.25) is 0 Å². The smallest absolute Gasteiger partial charge is 0.335 e. The van der Waals surface area contributed by atoms with Crippen LogP contribution in [0.5, 0.6) is 0 Å². The molecule has 0 aliphatic carbocycles. The SMILES string of the molecule is CC(O)(CO)CNCc1cccc(C(=O)O)c1. The Kier molecular flexibility index (Phi) is 4.62. The zero-order valence-corrected chi connectivity index (χ0v) is 9.68. The van der Waals surface area contributed by atoms with E-state index in [1.54, 1.807) is 18.2 Å². The average molecular weight is 239 g/mol. The number of rotatable bonds is 6. The molecule has 0 aliphatic heterocycles. The number of hydrogen-bond acceptors (Lipinski definition) is 4. The van der Waals surface area contributed by atoms with Crippen molar-refractivity contribution in [3.63, 3.8) is 0 Å². The molecular weight excluding hydrogens is 222 g/mol. The van der Waals surface area contributed by atoms with Crippen LogP contribution in [0.3, 0.4) is 0 Å². The third-order valence-corrected chi connectivity index (χ3v) is 2.35. The lowest BCUT2D eigenvalue weighted by Gasteiger charge is -2.20. The normalized spacial score (nSPS) is 14.3. The van der Waals surface area contributed by atoms with Gasteiger partial charge in [0.2, 0.25) is 0 Å². The van der Waals surface area contributed by atoms with Crippen LogP contribution in [0.15, 0.2) is 24.3 Å². The number of carboxylic acids is 1. The molecular formula is C12H17NO4. The van der Waals surface area contributed by atoms with Crippen LogP contribution < -0.4 is 5.32 Å². The maximum atomic E-state index is 10.7. The first kappa shape index (κ1) is 13.6. The van der Waals surface area contributed by atoms with Crippen molar-refractivity contribution in [3.8, 4) is 0 Å². The highest BCUT2D eigenvalue weighted by molar-refractivity contribution is 5.87. The van der Waals surface area contributed by atoms with E-state index in [1.165, 1.54) is 13.0 Å². The molecule has 5 nitrogen and oxygen atoms in total. The average Bonchev–Trinajstić information content (AvgIpc) is 2.29. The summed E-state index contributed by atoms with van der Waals surface area (Å²) < 4.78 is 0. The highest BCUT2D eigenvalue weighted by atomic mass is 16.4. The Morgan fingerprint density at radius 1 is 1.47 bits per heavy atom. The van der Waals surface area contributed by atoms with Crippen LogP contribution in [-0.4, -0.2) is 40.0 Å². The molecule has 0 fully saturated rings. The number of aliphatic hydroxyl groups is 2. The second-order valence-corrected chi connectivity index (χ2v) is 4.26. The number of aromatic carboxylic acids is 1. The van der Waals surface area contributed by atoms with Gasteiger partial charge in [0, 0.05) is 13.1 Å². The second-order valence-electron chi connectivity index (χ2n) is 4.26. The van der Waals surface area contributed by atoms with E-state index in [2.05, 4.69) is 5.32 Å². The van der Waals surface area contributed by atoms with E-state index >= 15 is 0 Å².